The number of nitrogens with zero attached hydrogens (tertiary/aromatic N) is 3. The van der Waals surface area contributed by atoms with E-state index in [9.17, 15) is 0 Å². The lowest BCUT2D eigenvalue weighted by molar-refractivity contribution is 0.212. The molecule has 0 radical (unpaired) electrons. The highest BCUT2D eigenvalue weighted by Gasteiger charge is 2.16. The molecular weight excluding hydrogens is 346 g/mol. The molecule has 0 bridgehead atoms. The number of aryl methyl sites for hydroxylation is 1. The highest BCUT2D eigenvalue weighted by Crippen LogP contribution is 2.23. The first-order valence-corrected chi connectivity index (χ1v) is 9.24. The van der Waals surface area contributed by atoms with Crippen LogP contribution in [0.15, 0.2) is 53.8 Å². The Morgan fingerprint density at radius 3 is 2.73 bits per heavy atom. The summed E-state index contributed by atoms with van der Waals surface area (Å²) in [7, 11) is 1.58. The average molecular weight is 370 g/mol. The van der Waals surface area contributed by atoms with E-state index in [0.717, 1.165) is 54.5 Å². The lowest BCUT2D eigenvalue weighted by Gasteiger charge is -2.26. The molecule has 1 aromatic heterocycles. The average Bonchev–Trinajstić information content (AvgIpc) is 2.67. The van der Waals surface area contributed by atoms with Gasteiger partial charge in [0.1, 0.15) is 7.11 Å². The second-order valence-electron chi connectivity index (χ2n) is 6.43. The summed E-state index contributed by atoms with van der Waals surface area (Å²) >= 11 is 5.98. The normalized spacial score (nSPS) is 15.7. The fourth-order valence-electron chi connectivity index (χ4n) is 3.21. The molecule has 0 aliphatic carbocycles. The number of aromatic nitrogens is 1. The van der Waals surface area contributed by atoms with Crippen molar-refractivity contribution < 1.29 is 4.84 Å². The maximum absolute atomic E-state index is 5.98. The molecular formula is C21H24ClN3O. The Morgan fingerprint density at radius 1 is 1.27 bits per heavy atom. The first-order valence-electron chi connectivity index (χ1n) is 8.86. The second kappa shape index (κ2) is 8.97. The van der Waals surface area contributed by atoms with Gasteiger partial charge in [-0.3, -0.25) is 9.88 Å². The Bertz CT molecular complexity index is 799. The maximum atomic E-state index is 5.98. The summed E-state index contributed by atoms with van der Waals surface area (Å²) in [6, 6.07) is 11.8. The van der Waals surface area contributed by atoms with Crippen LogP contribution in [0.3, 0.4) is 0 Å². The lowest BCUT2D eigenvalue weighted by Crippen LogP contribution is -2.31. The zero-order valence-electron chi connectivity index (χ0n) is 15.3. The van der Waals surface area contributed by atoms with Crippen LogP contribution in [0.25, 0.3) is 5.57 Å². The van der Waals surface area contributed by atoms with Crippen molar-refractivity contribution in [3.05, 3.63) is 70.5 Å². The minimum atomic E-state index is 0.726. The van der Waals surface area contributed by atoms with E-state index in [2.05, 4.69) is 34.1 Å². The van der Waals surface area contributed by atoms with Gasteiger partial charge in [-0.1, -0.05) is 41.0 Å². The lowest BCUT2D eigenvalue weighted by atomic mass is 10.0. The summed E-state index contributed by atoms with van der Waals surface area (Å²) in [5.74, 6) is 0. The van der Waals surface area contributed by atoms with Gasteiger partial charge in [0.25, 0.3) is 0 Å². The zero-order valence-corrected chi connectivity index (χ0v) is 16.0. The number of pyridine rings is 1. The molecule has 1 aliphatic heterocycles. The summed E-state index contributed by atoms with van der Waals surface area (Å²) in [6.07, 6.45) is 6.03. The molecule has 5 heteroatoms. The number of oxime groups is 1. The van der Waals surface area contributed by atoms with Crippen LogP contribution in [0.2, 0.25) is 5.02 Å². The van der Waals surface area contributed by atoms with Crippen molar-refractivity contribution in [2.75, 3.05) is 26.7 Å². The number of halogens is 1. The molecule has 0 saturated heterocycles. The van der Waals surface area contributed by atoms with Crippen LogP contribution in [0.1, 0.15) is 29.7 Å². The van der Waals surface area contributed by atoms with Crippen molar-refractivity contribution in [3.63, 3.8) is 0 Å². The van der Waals surface area contributed by atoms with Gasteiger partial charge in [-0.25, -0.2) is 0 Å². The van der Waals surface area contributed by atoms with E-state index >= 15 is 0 Å². The van der Waals surface area contributed by atoms with E-state index in [0.29, 0.717) is 0 Å². The SMILES string of the molecule is CO/N=C(/CCN1CC=C(c2ncccc2C)CC1)c1ccc(Cl)cc1. The number of hydrogen-bond donors (Lipinski definition) is 0. The van der Waals surface area contributed by atoms with Crippen molar-refractivity contribution in [2.24, 2.45) is 5.16 Å². The van der Waals surface area contributed by atoms with Gasteiger partial charge in [-0.15, -0.1) is 0 Å². The molecule has 2 aromatic rings. The number of rotatable bonds is 6. The Balaban J connectivity index is 1.61. The van der Waals surface area contributed by atoms with Gasteiger partial charge < -0.3 is 4.84 Å². The highest BCUT2D eigenvalue weighted by atomic mass is 35.5. The third-order valence-electron chi connectivity index (χ3n) is 4.65. The molecule has 3 rings (SSSR count). The van der Waals surface area contributed by atoms with Crippen LogP contribution >= 0.6 is 11.6 Å². The molecule has 0 unspecified atom stereocenters. The van der Waals surface area contributed by atoms with Gasteiger partial charge >= 0.3 is 0 Å². The van der Waals surface area contributed by atoms with Gasteiger partial charge in [-0.2, -0.15) is 0 Å². The van der Waals surface area contributed by atoms with E-state index in [-0.39, 0.29) is 0 Å². The first kappa shape index (κ1) is 18.6. The smallest absolute Gasteiger partial charge is 0.106 e. The molecule has 0 fully saturated rings. The van der Waals surface area contributed by atoms with Crippen LogP contribution in [0, 0.1) is 6.92 Å². The number of hydrogen-bond acceptors (Lipinski definition) is 4. The molecule has 136 valence electrons. The fourth-order valence-corrected chi connectivity index (χ4v) is 3.34. The van der Waals surface area contributed by atoms with Gasteiger partial charge in [0.15, 0.2) is 0 Å². The molecule has 26 heavy (non-hydrogen) atoms. The van der Waals surface area contributed by atoms with Crippen LogP contribution in [-0.2, 0) is 4.84 Å². The standard InChI is InChI=1S/C21H24ClN3O/c1-16-4-3-12-23-21(16)18-9-13-25(14-10-18)15-11-20(24-26-2)17-5-7-19(22)8-6-17/h3-9,12H,10-11,13-15H2,1-2H3/b24-20-. The third-order valence-corrected chi connectivity index (χ3v) is 4.90. The Labute approximate surface area is 160 Å². The molecule has 4 nitrogen and oxygen atoms in total. The molecule has 1 aliphatic rings. The Hall–Kier alpha value is -2.17. The predicted molar refractivity (Wildman–Crippen MR) is 108 cm³/mol. The molecule has 0 spiro atoms. The number of benzene rings is 1. The summed E-state index contributed by atoms with van der Waals surface area (Å²) in [5, 5.41) is 4.93. The summed E-state index contributed by atoms with van der Waals surface area (Å²) in [5.41, 5.74) is 5.72. The molecule has 0 saturated carbocycles. The van der Waals surface area contributed by atoms with Crippen molar-refractivity contribution in [1.29, 1.82) is 0 Å². The van der Waals surface area contributed by atoms with Crippen LogP contribution in [-0.4, -0.2) is 42.3 Å². The predicted octanol–water partition coefficient (Wildman–Crippen LogP) is 4.57. The molecule has 0 N–H and O–H groups in total. The summed E-state index contributed by atoms with van der Waals surface area (Å²) in [6.45, 7) is 5.03. The van der Waals surface area contributed by atoms with Gasteiger partial charge in [-0.05, 0) is 48.2 Å². The quantitative estimate of drug-likeness (QED) is 0.552. The van der Waals surface area contributed by atoms with Gasteiger partial charge in [0.2, 0.25) is 0 Å². The van der Waals surface area contributed by atoms with Crippen molar-refractivity contribution in [1.82, 2.24) is 9.88 Å². The monoisotopic (exact) mass is 369 g/mol. The van der Waals surface area contributed by atoms with E-state index < -0.39 is 0 Å². The van der Waals surface area contributed by atoms with E-state index in [1.54, 1.807) is 7.11 Å². The largest absolute Gasteiger partial charge is 0.399 e. The van der Waals surface area contributed by atoms with Crippen molar-refractivity contribution in [3.8, 4) is 0 Å². The van der Waals surface area contributed by atoms with E-state index in [4.69, 9.17) is 16.4 Å². The molecule has 0 atom stereocenters. The van der Waals surface area contributed by atoms with Crippen molar-refractivity contribution >= 4 is 22.9 Å². The molecule has 0 amide bonds. The first-order chi connectivity index (χ1) is 12.7. The summed E-state index contributed by atoms with van der Waals surface area (Å²) in [4.78, 5) is 12.0. The topological polar surface area (TPSA) is 37.7 Å². The maximum Gasteiger partial charge on any atom is 0.106 e. The highest BCUT2D eigenvalue weighted by molar-refractivity contribution is 6.30. The Morgan fingerprint density at radius 2 is 2.08 bits per heavy atom. The van der Waals surface area contributed by atoms with E-state index in [1.165, 1.54) is 11.1 Å². The molecule has 2 heterocycles. The molecule has 1 aromatic carbocycles. The van der Waals surface area contributed by atoms with E-state index in [1.807, 2.05) is 36.5 Å². The van der Waals surface area contributed by atoms with Gasteiger partial charge in [0.05, 0.1) is 11.4 Å². The zero-order chi connectivity index (χ0) is 18.4. The van der Waals surface area contributed by atoms with Gasteiger partial charge in [0, 0.05) is 37.3 Å². The summed E-state index contributed by atoms with van der Waals surface area (Å²) < 4.78 is 0. The minimum Gasteiger partial charge on any atom is -0.399 e. The van der Waals surface area contributed by atoms with Crippen LogP contribution in [0.5, 0.6) is 0 Å². The van der Waals surface area contributed by atoms with Crippen LogP contribution in [0.4, 0.5) is 0 Å². The Kier molecular flexibility index (Phi) is 6.42. The fraction of sp³-hybridized carbons (Fsp3) is 0.333. The second-order valence-corrected chi connectivity index (χ2v) is 6.86. The van der Waals surface area contributed by atoms with Crippen molar-refractivity contribution in [2.45, 2.75) is 19.8 Å². The van der Waals surface area contributed by atoms with Crippen LogP contribution < -0.4 is 0 Å². The minimum absolute atomic E-state index is 0.726. The third kappa shape index (κ3) is 4.71.